The molecule has 0 unspecified atom stereocenters. The normalized spacial score (nSPS) is 15.0. The maximum atomic E-state index is 10.7. The van der Waals surface area contributed by atoms with Crippen LogP contribution in [0.1, 0.15) is 25.7 Å². The smallest absolute Gasteiger partial charge is 0.221 e. The van der Waals surface area contributed by atoms with E-state index < -0.39 is 0 Å². The number of carbonyl (C=O) groups excluding carboxylic acids is 1. The number of nitrogens with zero attached hydrogens (tertiary/aromatic N) is 1. The van der Waals surface area contributed by atoms with Crippen LogP contribution >= 0.6 is 0 Å². The van der Waals surface area contributed by atoms with E-state index in [4.69, 9.17) is 9.47 Å². The van der Waals surface area contributed by atoms with Crippen LogP contribution in [-0.2, 0) is 4.79 Å². The minimum absolute atomic E-state index is 0.596. The van der Waals surface area contributed by atoms with E-state index in [1.54, 1.807) is 13.3 Å². The Kier molecular flexibility index (Phi) is 4.42. The molecule has 1 aliphatic rings. The van der Waals surface area contributed by atoms with E-state index in [1.165, 1.54) is 25.7 Å². The number of rotatable bonds is 6. The number of benzene rings is 1. The summed E-state index contributed by atoms with van der Waals surface area (Å²) in [5, 5.41) is 4.51. The van der Waals surface area contributed by atoms with Gasteiger partial charge in [0.15, 0.2) is 0 Å². The third-order valence-corrected chi connectivity index (χ3v) is 4.19. The zero-order valence-electron chi connectivity index (χ0n) is 12.7. The number of hydrogen-bond donors (Lipinski definition) is 1. The van der Waals surface area contributed by atoms with E-state index in [1.807, 2.05) is 18.2 Å². The van der Waals surface area contributed by atoms with Crippen molar-refractivity contribution in [2.45, 2.75) is 25.7 Å². The number of aromatic nitrogens is 1. The van der Waals surface area contributed by atoms with Gasteiger partial charge in [0.2, 0.25) is 12.3 Å². The number of ether oxygens (including phenoxy) is 2. The predicted molar refractivity (Wildman–Crippen MR) is 85.4 cm³/mol. The number of nitrogens with one attached hydrogen (secondary N) is 1. The molecule has 0 bridgehead atoms. The van der Waals surface area contributed by atoms with Gasteiger partial charge in [-0.3, -0.25) is 4.79 Å². The van der Waals surface area contributed by atoms with Crippen molar-refractivity contribution in [3.8, 4) is 11.6 Å². The molecule has 0 spiro atoms. The lowest BCUT2D eigenvalue weighted by molar-refractivity contribution is -0.105. The summed E-state index contributed by atoms with van der Waals surface area (Å²) >= 11 is 0. The maximum Gasteiger partial charge on any atom is 0.221 e. The first kappa shape index (κ1) is 14.6. The van der Waals surface area contributed by atoms with Gasteiger partial charge in [-0.15, -0.1) is 0 Å². The van der Waals surface area contributed by atoms with Crippen molar-refractivity contribution in [2.75, 3.05) is 19.0 Å². The molecule has 3 rings (SSSR count). The molecule has 22 heavy (non-hydrogen) atoms. The summed E-state index contributed by atoms with van der Waals surface area (Å²) < 4.78 is 11.3. The summed E-state index contributed by atoms with van der Waals surface area (Å²) in [5.41, 5.74) is 0.637. The van der Waals surface area contributed by atoms with Gasteiger partial charge in [0.05, 0.1) is 19.4 Å². The fourth-order valence-corrected chi connectivity index (χ4v) is 3.01. The first-order valence-corrected chi connectivity index (χ1v) is 7.61. The van der Waals surface area contributed by atoms with E-state index >= 15 is 0 Å². The van der Waals surface area contributed by atoms with Crippen LogP contribution in [0.25, 0.3) is 10.8 Å². The predicted octanol–water partition coefficient (Wildman–Crippen LogP) is 3.38. The molecule has 1 N–H and O–H groups in total. The van der Waals surface area contributed by atoms with E-state index in [0.717, 1.165) is 10.8 Å². The maximum absolute atomic E-state index is 10.7. The van der Waals surface area contributed by atoms with Crippen LogP contribution in [-0.4, -0.2) is 25.1 Å². The minimum atomic E-state index is 0.596. The Balaban J connectivity index is 1.90. The number of anilines is 1. The van der Waals surface area contributed by atoms with Crippen LogP contribution in [0.3, 0.4) is 0 Å². The standard InChI is InChI=1S/C17H20N2O3/c1-21-16-9-14-13(8-15(16)19-11-20)6-7-18-17(14)22-10-12-4-2-3-5-12/h6-9,11-12H,2-5,10H2,1H3,(H,19,20). The Morgan fingerprint density at radius 3 is 2.91 bits per heavy atom. The lowest BCUT2D eigenvalue weighted by atomic mass is 10.1. The highest BCUT2D eigenvalue weighted by molar-refractivity contribution is 5.93. The number of pyridine rings is 1. The summed E-state index contributed by atoms with van der Waals surface area (Å²) in [5.74, 6) is 1.86. The SMILES string of the molecule is COc1cc2c(OCC3CCCC3)nccc2cc1NC=O. The molecule has 0 radical (unpaired) electrons. The Hall–Kier alpha value is -2.30. The molecule has 0 atom stereocenters. The second kappa shape index (κ2) is 6.64. The fourth-order valence-electron chi connectivity index (χ4n) is 3.01. The van der Waals surface area contributed by atoms with Gasteiger partial charge >= 0.3 is 0 Å². The van der Waals surface area contributed by atoms with Crippen LogP contribution in [0, 0.1) is 5.92 Å². The second-order valence-corrected chi connectivity index (χ2v) is 5.61. The number of carbonyl (C=O) groups is 1. The van der Waals surface area contributed by atoms with E-state index in [2.05, 4.69) is 10.3 Å². The van der Waals surface area contributed by atoms with Crippen LogP contribution in [0.2, 0.25) is 0 Å². The van der Waals surface area contributed by atoms with Crippen LogP contribution < -0.4 is 14.8 Å². The molecule has 5 nitrogen and oxygen atoms in total. The van der Waals surface area contributed by atoms with Gasteiger partial charge in [-0.2, -0.15) is 0 Å². The fraction of sp³-hybridized carbons (Fsp3) is 0.412. The van der Waals surface area contributed by atoms with Crippen molar-refractivity contribution in [1.29, 1.82) is 0 Å². The van der Waals surface area contributed by atoms with Gasteiger partial charge in [0, 0.05) is 11.6 Å². The zero-order chi connectivity index (χ0) is 15.4. The number of amides is 1. The average molecular weight is 300 g/mol. The highest BCUT2D eigenvalue weighted by Crippen LogP contribution is 2.34. The van der Waals surface area contributed by atoms with Crippen molar-refractivity contribution < 1.29 is 14.3 Å². The molecule has 116 valence electrons. The van der Waals surface area contributed by atoms with Crippen LogP contribution in [0.4, 0.5) is 5.69 Å². The molecule has 1 aliphatic carbocycles. The van der Waals surface area contributed by atoms with Crippen molar-refractivity contribution >= 4 is 22.9 Å². The second-order valence-electron chi connectivity index (χ2n) is 5.61. The van der Waals surface area contributed by atoms with Gasteiger partial charge in [-0.1, -0.05) is 12.8 Å². The summed E-state index contributed by atoms with van der Waals surface area (Å²) in [7, 11) is 1.58. The first-order valence-electron chi connectivity index (χ1n) is 7.61. The molecule has 0 saturated heterocycles. The highest BCUT2D eigenvalue weighted by atomic mass is 16.5. The lowest BCUT2D eigenvalue weighted by Gasteiger charge is -2.14. The summed E-state index contributed by atoms with van der Waals surface area (Å²) in [4.78, 5) is 15.0. The summed E-state index contributed by atoms with van der Waals surface area (Å²) in [6.45, 7) is 0.711. The zero-order valence-corrected chi connectivity index (χ0v) is 12.7. The molecule has 1 heterocycles. The molecule has 1 amide bonds. The minimum Gasteiger partial charge on any atom is -0.495 e. The third-order valence-electron chi connectivity index (χ3n) is 4.19. The monoisotopic (exact) mass is 300 g/mol. The Morgan fingerprint density at radius 1 is 1.36 bits per heavy atom. The quantitative estimate of drug-likeness (QED) is 0.831. The third kappa shape index (κ3) is 2.98. The Morgan fingerprint density at radius 2 is 2.18 bits per heavy atom. The van der Waals surface area contributed by atoms with Crippen molar-refractivity contribution in [2.24, 2.45) is 5.92 Å². The number of hydrogen-bond acceptors (Lipinski definition) is 4. The van der Waals surface area contributed by atoms with E-state index in [0.29, 0.717) is 36.3 Å². The molecule has 0 aliphatic heterocycles. The highest BCUT2D eigenvalue weighted by Gasteiger charge is 2.17. The van der Waals surface area contributed by atoms with Crippen molar-refractivity contribution in [3.05, 3.63) is 24.4 Å². The average Bonchev–Trinajstić information content (AvgIpc) is 3.06. The van der Waals surface area contributed by atoms with Crippen LogP contribution in [0.5, 0.6) is 11.6 Å². The van der Waals surface area contributed by atoms with Gasteiger partial charge in [0.25, 0.3) is 0 Å². The van der Waals surface area contributed by atoms with Crippen molar-refractivity contribution in [1.82, 2.24) is 4.98 Å². The molecule has 1 aromatic carbocycles. The van der Waals surface area contributed by atoms with Gasteiger partial charge in [0.1, 0.15) is 5.75 Å². The Bertz CT molecular complexity index is 666. The molecular weight excluding hydrogens is 280 g/mol. The molecular formula is C17H20N2O3. The van der Waals surface area contributed by atoms with Crippen molar-refractivity contribution in [3.63, 3.8) is 0 Å². The lowest BCUT2D eigenvalue weighted by Crippen LogP contribution is -2.09. The summed E-state index contributed by atoms with van der Waals surface area (Å²) in [6, 6.07) is 5.62. The van der Waals surface area contributed by atoms with Gasteiger partial charge < -0.3 is 14.8 Å². The number of fused-ring (bicyclic) bond motifs is 1. The summed E-state index contributed by atoms with van der Waals surface area (Å²) in [6.07, 6.45) is 7.44. The Labute approximate surface area is 129 Å². The largest absolute Gasteiger partial charge is 0.495 e. The van der Waals surface area contributed by atoms with Crippen LogP contribution in [0.15, 0.2) is 24.4 Å². The molecule has 1 fully saturated rings. The van der Waals surface area contributed by atoms with Gasteiger partial charge in [-0.25, -0.2) is 4.98 Å². The molecule has 2 aromatic rings. The number of methoxy groups -OCH3 is 1. The molecule has 1 saturated carbocycles. The van der Waals surface area contributed by atoms with E-state index in [9.17, 15) is 4.79 Å². The van der Waals surface area contributed by atoms with E-state index in [-0.39, 0.29) is 0 Å². The molecule has 1 aromatic heterocycles. The van der Waals surface area contributed by atoms with Gasteiger partial charge in [-0.05, 0) is 42.3 Å². The first-order chi connectivity index (χ1) is 10.8. The molecule has 5 heteroatoms. The topological polar surface area (TPSA) is 60.5 Å².